The van der Waals surface area contributed by atoms with Gasteiger partial charge in [0.25, 0.3) is 0 Å². The van der Waals surface area contributed by atoms with Crippen LogP contribution in [0.2, 0.25) is 10.0 Å². The zero-order valence-electron chi connectivity index (χ0n) is 12.4. The molecule has 0 radical (unpaired) electrons. The second-order valence-corrected chi connectivity index (χ2v) is 7.56. The van der Waals surface area contributed by atoms with Crippen LogP contribution >= 0.6 is 23.2 Å². The van der Waals surface area contributed by atoms with E-state index in [0.29, 0.717) is 15.6 Å². The summed E-state index contributed by atoms with van der Waals surface area (Å²) in [5, 5.41) is 6.26. The summed E-state index contributed by atoms with van der Waals surface area (Å²) in [7, 11) is -3.84. The topological polar surface area (TPSA) is 60.2 Å². The lowest BCUT2D eigenvalue weighted by atomic mass is 9.94. The van der Waals surface area contributed by atoms with E-state index in [1.165, 1.54) is 6.07 Å². The van der Waals surface area contributed by atoms with Crippen molar-refractivity contribution < 1.29 is 8.42 Å². The molecule has 3 rings (SSSR count). The Kier molecular flexibility index (Phi) is 4.65. The van der Waals surface area contributed by atoms with Crippen molar-refractivity contribution in [3.05, 3.63) is 76.8 Å². The average Bonchev–Trinajstić information content (AvgIpc) is 2.57. The van der Waals surface area contributed by atoms with E-state index in [1.807, 2.05) is 30.3 Å². The Hall–Kier alpha value is -1.85. The first-order valence-electron chi connectivity index (χ1n) is 7.04. The first-order valence-corrected chi connectivity index (χ1v) is 9.35. The van der Waals surface area contributed by atoms with Crippen LogP contribution in [0.15, 0.2) is 71.6 Å². The second-order valence-electron chi connectivity index (χ2n) is 5.22. The Labute approximate surface area is 150 Å². The number of nitrogens with two attached hydrogens (primary N) is 1. The van der Waals surface area contributed by atoms with Gasteiger partial charge in [-0.2, -0.15) is 0 Å². The van der Waals surface area contributed by atoms with Crippen molar-refractivity contribution in [3.8, 4) is 22.3 Å². The van der Waals surface area contributed by atoms with Crippen LogP contribution in [0.25, 0.3) is 22.3 Å². The summed E-state index contributed by atoms with van der Waals surface area (Å²) in [5.74, 6) is 0. The van der Waals surface area contributed by atoms with Crippen LogP contribution in [-0.4, -0.2) is 8.42 Å². The molecular formula is C18H13Cl2NO2S. The molecule has 0 unspecified atom stereocenters. The number of benzene rings is 3. The van der Waals surface area contributed by atoms with Gasteiger partial charge >= 0.3 is 0 Å². The standard InChI is InChI=1S/C18H13Cl2NO2S/c19-16-10-9-12(11-17(16)20)13-5-1-2-6-14(13)15-7-3-4-8-18(15)24(21,22)23/h1-11H,(H2,21,22,23). The highest BCUT2D eigenvalue weighted by Gasteiger charge is 2.17. The predicted octanol–water partition coefficient (Wildman–Crippen LogP) is 4.97. The Morgan fingerprint density at radius 3 is 1.92 bits per heavy atom. The lowest BCUT2D eigenvalue weighted by molar-refractivity contribution is 0.598. The average molecular weight is 378 g/mol. The van der Waals surface area contributed by atoms with Gasteiger partial charge in [-0.25, -0.2) is 13.6 Å². The molecule has 3 aromatic rings. The first kappa shape index (κ1) is 17.0. The van der Waals surface area contributed by atoms with Crippen molar-refractivity contribution in [1.29, 1.82) is 0 Å². The molecule has 0 aliphatic heterocycles. The van der Waals surface area contributed by atoms with E-state index < -0.39 is 10.0 Å². The number of hydrogen-bond acceptors (Lipinski definition) is 2. The lowest BCUT2D eigenvalue weighted by Crippen LogP contribution is -2.13. The van der Waals surface area contributed by atoms with Crippen molar-refractivity contribution in [2.24, 2.45) is 5.14 Å². The molecule has 0 spiro atoms. The molecule has 0 saturated heterocycles. The van der Waals surface area contributed by atoms with Gasteiger partial charge in [-0.3, -0.25) is 0 Å². The molecule has 0 bridgehead atoms. The minimum Gasteiger partial charge on any atom is -0.225 e. The first-order chi connectivity index (χ1) is 11.4. The van der Waals surface area contributed by atoms with Gasteiger partial charge in [0, 0.05) is 5.56 Å². The monoisotopic (exact) mass is 377 g/mol. The number of sulfonamides is 1. The molecule has 2 N–H and O–H groups in total. The van der Waals surface area contributed by atoms with Crippen molar-refractivity contribution >= 4 is 33.2 Å². The fourth-order valence-electron chi connectivity index (χ4n) is 2.57. The fourth-order valence-corrected chi connectivity index (χ4v) is 3.62. The van der Waals surface area contributed by atoms with Crippen LogP contribution in [0, 0.1) is 0 Å². The molecule has 0 amide bonds. The van der Waals surface area contributed by atoms with Gasteiger partial charge in [0.15, 0.2) is 0 Å². The number of halogens is 2. The van der Waals surface area contributed by atoms with Crippen LogP contribution in [0.3, 0.4) is 0 Å². The smallest absolute Gasteiger partial charge is 0.225 e. The van der Waals surface area contributed by atoms with E-state index in [-0.39, 0.29) is 4.90 Å². The Balaban J connectivity index is 2.27. The van der Waals surface area contributed by atoms with E-state index in [9.17, 15) is 8.42 Å². The summed E-state index contributed by atoms with van der Waals surface area (Å²) in [6.07, 6.45) is 0. The van der Waals surface area contributed by atoms with Gasteiger partial charge in [0.2, 0.25) is 10.0 Å². The minimum atomic E-state index is -3.84. The van der Waals surface area contributed by atoms with Crippen molar-refractivity contribution in [2.45, 2.75) is 4.90 Å². The van der Waals surface area contributed by atoms with Gasteiger partial charge < -0.3 is 0 Å². The molecule has 0 heterocycles. The molecular weight excluding hydrogens is 365 g/mol. The molecule has 0 aliphatic rings. The van der Waals surface area contributed by atoms with Crippen LogP contribution in [-0.2, 0) is 10.0 Å². The van der Waals surface area contributed by atoms with Gasteiger partial charge in [-0.1, -0.05) is 71.7 Å². The molecule has 0 aromatic heterocycles. The zero-order chi connectivity index (χ0) is 17.3. The van der Waals surface area contributed by atoms with E-state index in [4.69, 9.17) is 28.3 Å². The van der Waals surface area contributed by atoms with E-state index in [2.05, 4.69) is 0 Å². The lowest BCUT2D eigenvalue weighted by Gasteiger charge is -2.13. The summed E-state index contributed by atoms with van der Waals surface area (Å²) in [4.78, 5) is 0.0810. The SMILES string of the molecule is NS(=O)(=O)c1ccccc1-c1ccccc1-c1ccc(Cl)c(Cl)c1. The van der Waals surface area contributed by atoms with Crippen LogP contribution < -0.4 is 5.14 Å². The third-order valence-electron chi connectivity index (χ3n) is 3.64. The molecule has 0 atom stereocenters. The molecule has 122 valence electrons. The van der Waals surface area contributed by atoms with Gasteiger partial charge in [0.1, 0.15) is 0 Å². The fraction of sp³-hybridized carbons (Fsp3) is 0. The van der Waals surface area contributed by atoms with Crippen LogP contribution in [0.4, 0.5) is 0 Å². The highest BCUT2D eigenvalue weighted by atomic mass is 35.5. The summed E-state index contributed by atoms with van der Waals surface area (Å²) in [6.45, 7) is 0. The third kappa shape index (κ3) is 3.32. The highest BCUT2D eigenvalue weighted by Crippen LogP contribution is 2.37. The van der Waals surface area contributed by atoms with Crippen LogP contribution in [0.1, 0.15) is 0 Å². The predicted molar refractivity (Wildman–Crippen MR) is 98.7 cm³/mol. The molecule has 24 heavy (non-hydrogen) atoms. The number of rotatable bonds is 3. The van der Waals surface area contributed by atoms with E-state index in [0.717, 1.165) is 16.7 Å². The number of primary sulfonamides is 1. The van der Waals surface area contributed by atoms with Gasteiger partial charge in [-0.15, -0.1) is 0 Å². The van der Waals surface area contributed by atoms with Crippen molar-refractivity contribution in [1.82, 2.24) is 0 Å². The molecule has 3 nitrogen and oxygen atoms in total. The molecule has 6 heteroatoms. The van der Waals surface area contributed by atoms with Gasteiger partial charge in [0.05, 0.1) is 14.9 Å². The maximum absolute atomic E-state index is 11.9. The summed E-state index contributed by atoms with van der Waals surface area (Å²) in [5.41, 5.74) is 2.97. The Morgan fingerprint density at radius 2 is 1.29 bits per heavy atom. The Morgan fingerprint density at radius 1 is 0.708 bits per heavy atom. The molecule has 0 saturated carbocycles. The summed E-state index contributed by atoms with van der Waals surface area (Å²) >= 11 is 12.1. The minimum absolute atomic E-state index is 0.0810. The largest absolute Gasteiger partial charge is 0.238 e. The highest BCUT2D eigenvalue weighted by molar-refractivity contribution is 7.89. The second kappa shape index (κ2) is 6.57. The van der Waals surface area contributed by atoms with E-state index >= 15 is 0 Å². The third-order valence-corrected chi connectivity index (χ3v) is 5.35. The quantitative estimate of drug-likeness (QED) is 0.699. The maximum atomic E-state index is 11.9. The molecule has 0 aliphatic carbocycles. The molecule has 0 fully saturated rings. The van der Waals surface area contributed by atoms with Crippen molar-refractivity contribution in [2.75, 3.05) is 0 Å². The Bertz CT molecular complexity index is 1020. The zero-order valence-corrected chi connectivity index (χ0v) is 14.7. The van der Waals surface area contributed by atoms with E-state index in [1.54, 1.807) is 30.3 Å². The van der Waals surface area contributed by atoms with Crippen molar-refractivity contribution in [3.63, 3.8) is 0 Å². The summed E-state index contributed by atoms with van der Waals surface area (Å²) < 4.78 is 23.8. The van der Waals surface area contributed by atoms with Crippen LogP contribution in [0.5, 0.6) is 0 Å². The normalized spacial score (nSPS) is 11.5. The summed E-state index contributed by atoms with van der Waals surface area (Å²) in [6, 6.07) is 19.4. The molecule has 3 aromatic carbocycles. The maximum Gasteiger partial charge on any atom is 0.238 e. The number of hydrogen-bond donors (Lipinski definition) is 1. The van der Waals surface area contributed by atoms with Gasteiger partial charge in [-0.05, 0) is 34.9 Å².